The van der Waals surface area contributed by atoms with E-state index in [-0.39, 0.29) is 6.10 Å². The van der Waals surface area contributed by atoms with Gasteiger partial charge in [0.15, 0.2) is 0 Å². The van der Waals surface area contributed by atoms with Crippen molar-refractivity contribution >= 4 is 16.5 Å². The number of benzene rings is 2. The zero-order chi connectivity index (χ0) is 14.8. The molecule has 0 amide bonds. The standard InChI is InChI=1S/C18H18N2O/c1-12-8-9-16-15(17(12)19)10-11-20-18(16)13(2)21-14-6-4-3-5-7-14/h3-11,13H,19H2,1-2H3. The second-order valence-electron chi connectivity index (χ2n) is 5.16. The highest BCUT2D eigenvalue weighted by atomic mass is 16.5. The molecule has 1 heterocycles. The fourth-order valence-electron chi connectivity index (χ4n) is 2.49. The molecule has 0 saturated carbocycles. The summed E-state index contributed by atoms with van der Waals surface area (Å²) < 4.78 is 5.98. The van der Waals surface area contributed by atoms with Crippen LogP contribution in [0.15, 0.2) is 54.7 Å². The number of hydrogen-bond donors (Lipinski definition) is 1. The molecule has 1 atom stereocenters. The summed E-state index contributed by atoms with van der Waals surface area (Å²) in [5, 5.41) is 2.08. The van der Waals surface area contributed by atoms with E-state index in [1.807, 2.05) is 56.3 Å². The Morgan fingerprint density at radius 3 is 2.52 bits per heavy atom. The van der Waals surface area contributed by atoms with Crippen LogP contribution in [0.3, 0.4) is 0 Å². The van der Waals surface area contributed by atoms with Crippen molar-refractivity contribution < 1.29 is 4.74 Å². The van der Waals surface area contributed by atoms with Crippen LogP contribution < -0.4 is 10.5 Å². The van der Waals surface area contributed by atoms with Crippen molar-refractivity contribution in [3.05, 3.63) is 66.0 Å². The highest BCUT2D eigenvalue weighted by Gasteiger charge is 2.14. The van der Waals surface area contributed by atoms with Gasteiger partial charge in [-0.25, -0.2) is 0 Å². The lowest BCUT2D eigenvalue weighted by Crippen LogP contribution is -2.06. The minimum absolute atomic E-state index is 0.141. The number of aryl methyl sites for hydroxylation is 1. The summed E-state index contributed by atoms with van der Waals surface area (Å²) in [6, 6.07) is 15.8. The Kier molecular flexibility index (Phi) is 3.48. The van der Waals surface area contributed by atoms with Crippen molar-refractivity contribution in [3.8, 4) is 5.75 Å². The van der Waals surface area contributed by atoms with Gasteiger partial charge in [-0.1, -0.05) is 30.3 Å². The van der Waals surface area contributed by atoms with Gasteiger partial charge in [-0.2, -0.15) is 0 Å². The van der Waals surface area contributed by atoms with Gasteiger partial charge >= 0.3 is 0 Å². The molecule has 0 aliphatic carbocycles. The predicted octanol–water partition coefficient (Wildman–Crippen LogP) is 4.27. The van der Waals surface area contributed by atoms with Crippen LogP contribution in [0.1, 0.15) is 24.3 Å². The Morgan fingerprint density at radius 2 is 1.76 bits per heavy atom. The number of aromatic nitrogens is 1. The topological polar surface area (TPSA) is 48.1 Å². The third-order valence-corrected chi connectivity index (χ3v) is 3.68. The van der Waals surface area contributed by atoms with E-state index in [9.17, 15) is 0 Å². The summed E-state index contributed by atoms with van der Waals surface area (Å²) in [6.45, 7) is 4.02. The number of para-hydroxylation sites is 1. The van der Waals surface area contributed by atoms with Crippen molar-refractivity contribution in [2.45, 2.75) is 20.0 Å². The maximum Gasteiger partial charge on any atom is 0.138 e. The van der Waals surface area contributed by atoms with E-state index in [1.54, 1.807) is 6.20 Å². The number of nitrogens with zero attached hydrogens (tertiary/aromatic N) is 1. The Hall–Kier alpha value is -2.55. The fourth-order valence-corrected chi connectivity index (χ4v) is 2.49. The monoisotopic (exact) mass is 278 g/mol. The lowest BCUT2D eigenvalue weighted by atomic mass is 10.0. The predicted molar refractivity (Wildman–Crippen MR) is 86.4 cm³/mol. The molecule has 0 aliphatic heterocycles. The number of nitrogens with two attached hydrogens (primary N) is 1. The minimum Gasteiger partial charge on any atom is -0.484 e. The third-order valence-electron chi connectivity index (χ3n) is 3.68. The molecule has 3 rings (SSSR count). The van der Waals surface area contributed by atoms with E-state index in [2.05, 4.69) is 11.1 Å². The van der Waals surface area contributed by atoms with E-state index < -0.39 is 0 Å². The van der Waals surface area contributed by atoms with Crippen LogP contribution in [-0.2, 0) is 0 Å². The molecule has 0 spiro atoms. The highest BCUT2D eigenvalue weighted by molar-refractivity contribution is 5.95. The normalized spacial score (nSPS) is 12.3. The maximum absolute atomic E-state index is 6.17. The van der Waals surface area contributed by atoms with Gasteiger partial charge in [-0.3, -0.25) is 4.98 Å². The summed E-state index contributed by atoms with van der Waals surface area (Å²) >= 11 is 0. The fraction of sp³-hybridized carbons (Fsp3) is 0.167. The second-order valence-corrected chi connectivity index (χ2v) is 5.16. The molecule has 21 heavy (non-hydrogen) atoms. The van der Waals surface area contributed by atoms with Crippen molar-refractivity contribution in [1.29, 1.82) is 0 Å². The molecule has 0 saturated heterocycles. The SMILES string of the molecule is Cc1ccc2c(C(C)Oc3ccccc3)nccc2c1N. The van der Waals surface area contributed by atoms with Crippen LogP contribution in [0.25, 0.3) is 10.8 Å². The quantitative estimate of drug-likeness (QED) is 0.728. The maximum atomic E-state index is 6.17. The Labute approximate surface area is 124 Å². The molecular formula is C18H18N2O. The van der Waals surface area contributed by atoms with E-state index in [4.69, 9.17) is 10.5 Å². The second kappa shape index (κ2) is 5.44. The lowest BCUT2D eigenvalue weighted by molar-refractivity contribution is 0.223. The first-order chi connectivity index (χ1) is 10.2. The van der Waals surface area contributed by atoms with E-state index >= 15 is 0 Å². The largest absolute Gasteiger partial charge is 0.484 e. The Bertz CT molecular complexity index is 769. The van der Waals surface area contributed by atoms with Crippen molar-refractivity contribution in [3.63, 3.8) is 0 Å². The molecule has 2 N–H and O–H groups in total. The molecule has 0 fully saturated rings. The van der Waals surface area contributed by atoms with Crippen molar-refractivity contribution in [1.82, 2.24) is 4.98 Å². The Balaban J connectivity index is 2.02. The van der Waals surface area contributed by atoms with Crippen LogP contribution in [0, 0.1) is 6.92 Å². The van der Waals surface area contributed by atoms with Gasteiger partial charge in [0.1, 0.15) is 11.9 Å². The van der Waals surface area contributed by atoms with Crippen LogP contribution in [0.4, 0.5) is 5.69 Å². The van der Waals surface area contributed by atoms with E-state index in [0.717, 1.165) is 33.5 Å². The molecule has 1 aromatic heterocycles. The molecule has 0 bridgehead atoms. The smallest absolute Gasteiger partial charge is 0.138 e. The summed E-state index contributed by atoms with van der Waals surface area (Å²) in [7, 11) is 0. The average molecular weight is 278 g/mol. The van der Waals surface area contributed by atoms with Crippen LogP contribution in [-0.4, -0.2) is 4.98 Å². The van der Waals surface area contributed by atoms with Crippen LogP contribution in [0.2, 0.25) is 0 Å². The average Bonchev–Trinajstić information content (AvgIpc) is 2.51. The van der Waals surface area contributed by atoms with Gasteiger partial charge in [-0.05, 0) is 37.6 Å². The van der Waals surface area contributed by atoms with E-state index in [0.29, 0.717) is 0 Å². The van der Waals surface area contributed by atoms with Gasteiger partial charge in [0.2, 0.25) is 0 Å². The number of anilines is 1. The number of fused-ring (bicyclic) bond motifs is 1. The molecule has 0 aliphatic rings. The molecule has 3 heteroatoms. The van der Waals surface area contributed by atoms with Crippen molar-refractivity contribution in [2.24, 2.45) is 0 Å². The van der Waals surface area contributed by atoms with Crippen LogP contribution >= 0.6 is 0 Å². The molecule has 106 valence electrons. The number of hydrogen-bond acceptors (Lipinski definition) is 3. The lowest BCUT2D eigenvalue weighted by Gasteiger charge is -2.17. The highest BCUT2D eigenvalue weighted by Crippen LogP contribution is 2.30. The first kappa shape index (κ1) is 13.4. The zero-order valence-electron chi connectivity index (χ0n) is 12.2. The summed E-state index contributed by atoms with van der Waals surface area (Å²) in [6.07, 6.45) is 1.65. The van der Waals surface area contributed by atoms with Crippen LogP contribution in [0.5, 0.6) is 5.75 Å². The van der Waals surface area contributed by atoms with Crippen molar-refractivity contribution in [2.75, 3.05) is 5.73 Å². The first-order valence-electron chi connectivity index (χ1n) is 7.02. The summed E-state index contributed by atoms with van der Waals surface area (Å²) in [4.78, 5) is 4.49. The van der Waals surface area contributed by atoms with Gasteiger partial charge in [-0.15, -0.1) is 0 Å². The Morgan fingerprint density at radius 1 is 1.00 bits per heavy atom. The molecule has 0 radical (unpaired) electrons. The van der Waals surface area contributed by atoms with E-state index in [1.165, 1.54) is 0 Å². The van der Waals surface area contributed by atoms with Gasteiger partial charge in [0.05, 0.1) is 5.69 Å². The molecular weight excluding hydrogens is 260 g/mol. The summed E-state index contributed by atoms with van der Waals surface area (Å²) in [5.74, 6) is 0.837. The first-order valence-corrected chi connectivity index (χ1v) is 7.02. The molecule has 1 unspecified atom stereocenters. The molecule has 2 aromatic carbocycles. The van der Waals surface area contributed by atoms with Gasteiger partial charge in [0, 0.05) is 22.7 Å². The summed E-state index contributed by atoms with van der Waals surface area (Å²) in [5.41, 5.74) is 8.97. The zero-order valence-corrected chi connectivity index (χ0v) is 12.2. The number of rotatable bonds is 3. The molecule has 3 nitrogen and oxygen atoms in total. The number of pyridine rings is 1. The minimum atomic E-state index is -0.141. The number of nitrogen functional groups attached to an aromatic ring is 1. The third kappa shape index (κ3) is 2.55. The van der Waals surface area contributed by atoms with Gasteiger partial charge in [0.25, 0.3) is 0 Å². The van der Waals surface area contributed by atoms with Gasteiger partial charge < -0.3 is 10.5 Å². The molecule has 3 aromatic rings. The number of ether oxygens (including phenoxy) is 1.